The van der Waals surface area contributed by atoms with Crippen molar-refractivity contribution < 1.29 is 9.53 Å². The van der Waals surface area contributed by atoms with Crippen LogP contribution in [0.3, 0.4) is 0 Å². The molecule has 0 spiro atoms. The first-order chi connectivity index (χ1) is 12.1. The van der Waals surface area contributed by atoms with Crippen molar-refractivity contribution in [2.75, 3.05) is 18.9 Å². The highest BCUT2D eigenvalue weighted by Gasteiger charge is 2.11. The van der Waals surface area contributed by atoms with Gasteiger partial charge in [-0.05, 0) is 25.8 Å². The number of hydrogen-bond donors (Lipinski definition) is 1. The summed E-state index contributed by atoms with van der Waals surface area (Å²) in [6, 6.07) is 10.2. The average molecular weight is 362 g/mol. The van der Waals surface area contributed by atoms with E-state index in [4.69, 9.17) is 4.74 Å². The summed E-state index contributed by atoms with van der Waals surface area (Å²) in [5.74, 6) is 1.23. The van der Waals surface area contributed by atoms with Gasteiger partial charge in [-0.2, -0.15) is 0 Å². The molecule has 0 aliphatic heterocycles. The maximum atomic E-state index is 11.9. The maximum absolute atomic E-state index is 11.9. The van der Waals surface area contributed by atoms with Gasteiger partial charge in [0.15, 0.2) is 5.16 Å². The fourth-order valence-electron chi connectivity index (χ4n) is 2.20. The standard InChI is InChI=1S/C18H26N4O2S/c1-14(2)24-11-7-10-19-17(23)13-25-18-21-20-16(22(18)3)12-15-8-5-4-6-9-15/h4-6,8-9,14H,7,10-13H2,1-3H3,(H,19,23). The quantitative estimate of drug-likeness (QED) is 0.519. The van der Waals surface area contributed by atoms with Crippen LogP contribution in [0.2, 0.25) is 0 Å². The monoisotopic (exact) mass is 362 g/mol. The molecule has 136 valence electrons. The molecule has 2 rings (SSSR count). The summed E-state index contributed by atoms with van der Waals surface area (Å²) in [6.07, 6.45) is 1.78. The SMILES string of the molecule is CC(C)OCCCNC(=O)CSc1nnc(Cc2ccccc2)n1C. The third-order valence-electron chi connectivity index (χ3n) is 3.56. The van der Waals surface area contributed by atoms with Gasteiger partial charge >= 0.3 is 0 Å². The molecule has 0 radical (unpaired) electrons. The predicted octanol–water partition coefficient (Wildman–Crippen LogP) is 2.43. The summed E-state index contributed by atoms with van der Waals surface area (Å²) in [4.78, 5) is 11.9. The van der Waals surface area contributed by atoms with E-state index >= 15 is 0 Å². The molecule has 0 aliphatic rings. The Bertz CT molecular complexity index is 658. The molecule has 7 heteroatoms. The van der Waals surface area contributed by atoms with E-state index in [2.05, 4.69) is 27.6 Å². The van der Waals surface area contributed by atoms with E-state index in [0.29, 0.717) is 18.9 Å². The van der Waals surface area contributed by atoms with E-state index in [1.807, 2.05) is 43.7 Å². The van der Waals surface area contributed by atoms with Crippen LogP contribution in [0.1, 0.15) is 31.7 Å². The third-order valence-corrected chi connectivity index (χ3v) is 4.58. The number of carbonyl (C=O) groups excluding carboxylic acids is 1. The fraction of sp³-hybridized carbons (Fsp3) is 0.500. The molecule has 0 saturated carbocycles. The Kier molecular flexibility index (Phi) is 7.94. The lowest BCUT2D eigenvalue weighted by molar-refractivity contribution is -0.118. The molecule has 2 aromatic rings. The Morgan fingerprint density at radius 2 is 2.04 bits per heavy atom. The molecule has 1 aromatic heterocycles. The van der Waals surface area contributed by atoms with Gasteiger partial charge in [0.2, 0.25) is 5.91 Å². The van der Waals surface area contributed by atoms with E-state index in [-0.39, 0.29) is 12.0 Å². The normalized spacial score (nSPS) is 11.0. The molecular weight excluding hydrogens is 336 g/mol. The molecular formula is C18H26N4O2S. The van der Waals surface area contributed by atoms with E-state index in [9.17, 15) is 4.79 Å². The Morgan fingerprint density at radius 1 is 1.28 bits per heavy atom. The van der Waals surface area contributed by atoms with Crippen molar-refractivity contribution in [2.45, 2.75) is 37.9 Å². The second-order valence-electron chi connectivity index (χ2n) is 6.03. The molecule has 1 heterocycles. The predicted molar refractivity (Wildman–Crippen MR) is 99.7 cm³/mol. The first-order valence-corrected chi connectivity index (χ1v) is 9.48. The smallest absolute Gasteiger partial charge is 0.230 e. The Labute approximate surface area is 153 Å². The second kappa shape index (κ2) is 10.2. The molecule has 0 unspecified atom stereocenters. The number of carbonyl (C=O) groups is 1. The lowest BCUT2D eigenvalue weighted by Crippen LogP contribution is -2.27. The summed E-state index contributed by atoms with van der Waals surface area (Å²) in [5.41, 5.74) is 1.19. The number of benzene rings is 1. The molecule has 1 amide bonds. The second-order valence-corrected chi connectivity index (χ2v) is 6.97. The fourth-order valence-corrected chi connectivity index (χ4v) is 2.96. The van der Waals surface area contributed by atoms with E-state index < -0.39 is 0 Å². The Balaban J connectivity index is 1.73. The lowest BCUT2D eigenvalue weighted by atomic mass is 10.1. The summed E-state index contributed by atoms with van der Waals surface area (Å²) in [6.45, 7) is 5.30. The molecule has 0 fully saturated rings. The summed E-state index contributed by atoms with van der Waals surface area (Å²) < 4.78 is 7.39. The van der Waals surface area contributed by atoms with Crippen molar-refractivity contribution in [3.05, 3.63) is 41.7 Å². The van der Waals surface area contributed by atoms with Crippen molar-refractivity contribution in [3.63, 3.8) is 0 Å². The van der Waals surface area contributed by atoms with Crippen molar-refractivity contribution in [1.82, 2.24) is 20.1 Å². The van der Waals surface area contributed by atoms with Gasteiger partial charge < -0.3 is 14.6 Å². The number of nitrogens with zero attached hydrogens (tertiary/aromatic N) is 3. The highest BCUT2D eigenvalue weighted by molar-refractivity contribution is 7.99. The summed E-state index contributed by atoms with van der Waals surface area (Å²) in [7, 11) is 1.93. The Hall–Kier alpha value is -1.86. The molecule has 25 heavy (non-hydrogen) atoms. The van der Waals surface area contributed by atoms with Crippen LogP contribution in [0.25, 0.3) is 0 Å². The number of amides is 1. The summed E-state index contributed by atoms with van der Waals surface area (Å²) in [5, 5.41) is 12.1. The Morgan fingerprint density at radius 3 is 2.76 bits per heavy atom. The van der Waals surface area contributed by atoms with Crippen LogP contribution in [0.5, 0.6) is 0 Å². The molecule has 0 saturated heterocycles. The van der Waals surface area contributed by atoms with Gasteiger partial charge in [-0.15, -0.1) is 10.2 Å². The summed E-state index contributed by atoms with van der Waals surface area (Å²) >= 11 is 1.40. The van der Waals surface area contributed by atoms with Crippen LogP contribution >= 0.6 is 11.8 Å². The zero-order valence-corrected chi connectivity index (χ0v) is 15.9. The molecule has 6 nitrogen and oxygen atoms in total. The van der Waals surface area contributed by atoms with Gasteiger partial charge in [-0.3, -0.25) is 4.79 Å². The number of nitrogens with one attached hydrogen (secondary N) is 1. The first-order valence-electron chi connectivity index (χ1n) is 8.49. The van der Waals surface area contributed by atoms with Crippen molar-refractivity contribution in [2.24, 2.45) is 7.05 Å². The maximum Gasteiger partial charge on any atom is 0.230 e. The van der Waals surface area contributed by atoms with Crippen LogP contribution in [0.15, 0.2) is 35.5 Å². The molecule has 1 aromatic carbocycles. The van der Waals surface area contributed by atoms with E-state index in [1.165, 1.54) is 17.3 Å². The number of ether oxygens (including phenoxy) is 1. The topological polar surface area (TPSA) is 69.0 Å². The van der Waals surface area contributed by atoms with Gasteiger partial charge in [-0.1, -0.05) is 42.1 Å². The minimum Gasteiger partial charge on any atom is -0.379 e. The lowest BCUT2D eigenvalue weighted by Gasteiger charge is -2.08. The highest BCUT2D eigenvalue weighted by Crippen LogP contribution is 2.17. The van der Waals surface area contributed by atoms with Crippen LogP contribution in [-0.4, -0.2) is 45.7 Å². The van der Waals surface area contributed by atoms with Crippen molar-refractivity contribution >= 4 is 17.7 Å². The zero-order valence-electron chi connectivity index (χ0n) is 15.1. The van der Waals surface area contributed by atoms with E-state index in [1.54, 1.807) is 0 Å². The van der Waals surface area contributed by atoms with Crippen LogP contribution in [0.4, 0.5) is 0 Å². The van der Waals surface area contributed by atoms with Gasteiger partial charge in [0.05, 0.1) is 11.9 Å². The molecule has 1 N–H and O–H groups in total. The number of aromatic nitrogens is 3. The van der Waals surface area contributed by atoms with Crippen LogP contribution in [0, 0.1) is 0 Å². The van der Waals surface area contributed by atoms with Gasteiger partial charge in [0.25, 0.3) is 0 Å². The van der Waals surface area contributed by atoms with Crippen molar-refractivity contribution in [3.8, 4) is 0 Å². The largest absolute Gasteiger partial charge is 0.379 e. The van der Waals surface area contributed by atoms with Crippen LogP contribution < -0.4 is 5.32 Å². The molecule has 0 atom stereocenters. The number of hydrogen-bond acceptors (Lipinski definition) is 5. The molecule has 0 aliphatic carbocycles. The van der Waals surface area contributed by atoms with Gasteiger partial charge in [0.1, 0.15) is 5.82 Å². The highest BCUT2D eigenvalue weighted by atomic mass is 32.2. The zero-order chi connectivity index (χ0) is 18.1. The van der Waals surface area contributed by atoms with Crippen molar-refractivity contribution in [1.29, 1.82) is 0 Å². The van der Waals surface area contributed by atoms with E-state index in [0.717, 1.165) is 23.8 Å². The average Bonchev–Trinajstić information content (AvgIpc) is 2.93. The number of rotatable bonds is 10. The third kappa shape index (κ3) is 6.88. The minimum absolute atomic E-state index is 0.00200. The molecule has 0 bridgehead atoms. The van der Waals surface area contributed by atoms with Gasteiger partial charge in [0, 0.05) is 26.6 Å². The number of thioether (sulfide) groups is 1. The first kappa shape index (κ1) is 19.5. The van der Waals surface area contributed by atoms with Gasteiger partial charge in [-0.25, -0.2) is 0 Å². The minimum atomic E-state index is 0.00200. The van der Waals surface area contributed by atoms with Crippen LogP contribution in [-0.2, 0) is 23.0 Å².